The standard InChI is InChI=1S/C23H32N2O5S/c1-3-30-23(29)18(10-9-16-7-5-4-6-8-16)24-15(2)21(26)25-19-11-12-31-14-17(19)13-20(25)22(27)28/h4-8,15,17-20,24H,3,9-14H2,1-2H3,(H,27,28)/t15?,17?,18-,19?,20-/m0/s1. The van der Waals surface area contributed by atoms with E-state index in [9.17, 15) is 19.5 Å². The zero-order chi connectivity index (χ0) is 22.4. The lowest BCUT2D eigenvalue weighted by Gasteiger charge is -2.35. The number of nitrogens with one attached hydrogen (secondary N) is 1. The van der Waals surface area contributed by atoms with E-state index in [2.05, 4.69) is 5.32 Å². The second kappa shape index (κ2) is 11.0. The lowest BCUT2D eigenvalue weighted by molar-refractivity contribution is -0.151. The fourth-order valence-corrected chi connectivity index (χ4v) is 5.85. The molecule has 2 aliphatic heterocycles. The molecular formula is C23H32N2O5S. The number of thioether (sulfide) groups is 1. The average molecular weight is 449 g/mol. The molecule has 2 aliphatic rings. The number of rotatable bonds is 9. The van der Waals surface area contributed by atoms with E-state index < -0.39 is 24.1 Å². The molecule has 7 nitrogen and oxygen atoms in total. The highest BCUT2D eigenvalue weighted by Crippen LogP contribution is 2.39. The summed E-state index contributed by atoms with van der Waals surface area (Å²) in [7, 11) is 0. The van der Waals surface area contributed by atoms with Gasteiger partial charge in [-0.1, -0.05) is 30.3 Å². The van der Waals surface area contributed by atoms with Crippen molar-refractivity contribution in [3.8, 4) is 0 Å². The van der Waals surface area contributed by atoms with Crippen LogP contribution >= 0.6 is 11.8 Å². The molecule has 1 aromatic rings. The molecule has 3 unspecified atom stereocenters. The van der Waals surface area contributed by atoms with E-state index in [4.69, 9.17) is 4.74 Å². The van der Waals surface area contributed by atoms with E-state index in [0.717, 1.165) is 23.5 Å². The van der Waals surface area contributed by atoms with Crippen LogP contribution in [0.1, 0.15) is 38.7 Å². The Morgan fingerprint density at radius 1 is 1.29 bits per heavy atom. The number of ether oxygens (including phenoxy) is 1. The first-order chi connectivity index (χ1) is 14.9. The van der Waals surface area contributed by atoms with Crippen LogP contribution in [0.2, 0.25) is 0 Å². The van der Waals surface area contributed by atoms with Gasteiger partial charge < -0.3 is 14.7 Å². The Hall–Kier alpha value is -2.06. The summed E-state index contributed by atoms with van der Waals surface area (Å²) in [5.74, 6) is 0.451. The highest BCUT2D eigenvalue weighted by molar-refractivity contribution is 7.99. The Morgan fingerprint density at radius 3 is 2.71 bits per heavy atom. The molecule has 0 saturated carbocycles. The molecule has 1 aromatic carbocycles. The minimum absolute atomic E-state index is 0.0375. The summed E-state index contributed by atoms with van der Waals surface area (Å²) in [4.78, 5) is 39.3. The molecule has 2 fully saturated rings. The van der Waals surface area contributed by atoms with Crippen LogP contribution in [-0.2, 0) is 25.5 Å². The largest absolute Gasteiger partial charge is 0.480 e. The number of fused-ring (bicyclic) bond motifs is 1. The number of aryl methyl sites for hydroxylation is 1. The molecule has 31 heavy (non-hydrogen) atoms. The van der Waals surface area contributed by atoms with Crippen molar-refractivity contribution >= 4 is 29.6 Å². The molecule has 2 saturated heterocycles. The van der Waals surface area contributed by atoms with E-state index in [1.165, 1.54) is 0 Å². The smallest absolute Gasteiger partial charge is 0.326 e. The first-order valence-electron chi connectivity index (χ1n) is 11.0. The number of benzene rings is 1. The minimum atomic E-state index is -0.953. The molecule has 0 bridgehead atoms. The van der Waals surface area contributed by atoms with Crippen LogP contribution in [0.3, 0.4) is 0 Å². The fraction of sp³-hybridized carbons (Fsp3) is 0.609. The van der Waals surface area contributed by atoms with Crippen LogP contribution in [0, 0.1) is 5.92 Å². The van der Waals surface area contributed by atoms with Gasteiger partial charge in [0.2, 0.25) is 5.91 Å². The van der Waals surface area contributed by atoms with Crippen LogP contribution in [0.5, 0.6) is 0 Å². The lowest BCUT2D eigenvalue weighted by Crippen LogP contribution is -2.56. The normalized spacial score (nSPS) is 24.8. The van der Waals surface area contributed by atoms with E-state index in [-0.39, 0.29) is 30.4 Å². The van der Waals surface area contributed by atoms with Crippen molar-refractivity contribution in [2.24, 2.45) is 5.92 Å². The van der Waals surface area contributed by atoms with Crippen molar-refractivity contribution < 1.29 is 24.2 Å². The predicted octanol–water partition coefficient (Wildman–Crippen LogP) is 2.34. The monoisotopic (exact) mass is 448 g/mol. The topological polar surface area (TPSA) is 95.9 Å². The summed E-state index contributed by atoms with van der Waals surface area (Å²) >= 11 is 1.82. The van der Waals surface area contributed by atoms with Crippen molar-refractivity contribution in [3.05, 3.63) is 35.9 Å². The zero-order valence-corrected chi connectivity index (χ0v) is 19.0. The Labute approximate surface area is 187 Å². The minimum Gasteiger partial charge on any atom is -0.480 e. The van der Waals surface area contributed by atoms with Gasteiger partial charge in [-0.05, 0) is 62.5 Å². The molecule has 0 spiro atoms. The molecule has 0 aromatic heterocycles. The van der Waals surface area contributed by atoms with Gasteiger partial charge in [-0.3, -0.25) is 14.9 Å². The second-order valence-electron chi connectivity index (χ2n) is 8.24. The van der Waals surface area contributed by atoms with E-state index >= 15 is 0 Å². The highest BCUT2D eigenvalue weighted by Gasteiger charge is 2.48. The number of carbonyl (C=O) groups is 3. The van der Waals surface area contributed by atoms with Crippen molar-refractivity contribution in [2.75, 3.05) is 18.1 Å². The van der Waals surface area contributed by atoms with Gasteiger partial charge >= 0.3 is 11.9 Å². The van der Waals surface area contributed by atoms with Crippen molar-refractivity contribution in [2.45, 2.75) is 63.7 Å². The van der Waals surface area contributed by atoms with Crippen molar-refractivity contribution in [1.29, 1.82) is 0 Å². The first-order valence-corrected chi connectivity index (χ1v) is 12.2. The Bertz CT molecular complexity index is 774. The van der Waals surface area contributed by atoms with Gasteiger partial charge in [0.15, 0.2) is 0 Å². The van der Waals surface area contributed by atoms with Gasteiger partial charge in [-0.15, -0.1) is 0 Å². The molecule has 1 amide bonds. The molecule has 2 N–H and O–H groups in total. The van der Waals surface area contributed by atoms with Gasteiger partial charge in [0.25, 0.3) is 0 Å². The van der Waals surface area contributed by atoms with Gasteiger partial charge in [0.1, 0.15) is 12.1 Å². The number of carbonyl (C=O) groups excluding carboxylic acids is 2. The summed E-state index contributed by atoms with van der Waals surface area (Å²) < 4.78 is 5.22. The number of nitrogens with zero attached hydrogens (tertiary/aromatic N) is 1. The van der Waals surface area contributed by atoms with E-state index in [1.807, 2.05) is 42.1 Å². The fourth-order valence-electron chi connectivity index (χ4n) is 4.61. The number of hydrogen-bond donors (Lipinski definition) is 2. The lowest BCUT2D eigenvalue weighted by atomic mass is 9.98. The van der Waals surface area contributed by atoms with Crippen LogP contribution < -0.4 is 5.32 Å². The highest BCUT2D eigenvalue weighted by atomic mass is 32.2. The maximum atomic E-state index is 13.3. The summed E-state index contributed by atoms with van der Waals surface area (Å²) in [5.41, 5.74) is 1.10. The van der Waals surface area contributed by atoms with Gasteiger partial charge in [-0.2, -0.15) is 11.8 Å². The van der Waals surface area contributed by atoms with Crippen LogP contribution in [0.15, 0.2) is 30.3 Å². The summed E-state index contributed by atoms with van der Waals surface area (Å²) in [6, 6.07) is 7.69. The van der Waals surface area contributed by atoms with Crippen LogP contribution in [0.25, 0.3) is 0 Å². The molecule has 8 heteroatoms. The van der Waals surface area contributed by atoms with Crippen LogP contribution in [0.4, 0.5) is 0 Å². The van der Waals surface area contributed by atoms with Crippen LogP contribution in [-0.4, -0.2) is 70.1 Å². The molecule has 2 heterocycles. The zero-order valence-electron chi connectivity index (χ0n) is 18.2. The number of carboxylic acid groups (broad SMARTS) is 1. The number of likely N-dealkylation sites (tertiary alicyclic amines) is 1. The van der Waals surface area contributed by atoms with Crippen molar-refractivity contribution in [1.82, 2.24) is 10.2 Å². The summed E-state index contributed by atoms with van der Waals surface area (Å²) in [6.07, 6.45) is 2.47. The summed E-state index contributed by atoms with van der Waals surface area (Å²) in [6.45, 7) is 3.73. The third kappa shape index (κ3) is 5.80. The molecule has 0 aliphatic carbocycles. The first kappa shape index (κ1) is 23.6. The quantitative estimate of drug-likeness (QED) is 0.560. The molecular weight excluding hydrogens is 416 g/mol. The van der Waals surface area contributed by atoms with E-state index in [0.29, 0.717) is 19.3 Å². The molecule has 5 atom stereocenters. The number of aliphatic carboxylic acids is 1. The third-order valence-electron chi connectivity index (χ3n) is 6.15. The second-order valence-corrected chi connectivity index (χ2v) is 9.39. The van der Waals surface area contributed by atoms with Crippen molar-refractivity contribution in [3.63, 3.8) is 0 Å². The summed E-state index contributed by atoms with van der Waals surface area (Å²) in [5, 5.41) is 12.9. The Kier molecular flexibility index (Phi) is 8.37. The van der Waals surface area contributed by atoms with E-state index in [1.54, 1.807) is 18.7 Å². The molecule has 170 valence electrons. The van der Waals surface area contributed by atoms with Gasteiger partial charge in [-0.25, -0.2) is 4.79 Å². The number of esters is 1. The maximum Gasteiger partial charge on any atom is 0.326 e. The number of carboxylic acids is 1. The third-order valence-corrected chi connectivity index (χ3v) is 7.34. The molecule has 0 radical (unpaired) electrons. The maximum absolute atomic E-state index is 13.3. The Balaban J connectivity index is 1.70. The Morgan fingerprint density at radius 2 is 2.03 bits per heavy atom. The van der Waals surface area contributed by atoms with Gasteiger partial charge in [0, 0.05) is 6.04 Å². The SMILES string of the molecule is CCOC(=O)[C@H](CCc1ccccc1)NC(C)C(=O)N1C2CCSCC2C[C@H]1C(=O)O. The number of hydrogen-bond acceptors (Lipinski definition) is 6. The number of amides is 1. The van der Waals surface area contributed by atoms with Gasteiger partial charge in [0.05, 0.1) is 12.6 Å². The average Bonchev–Trinajstić information content (AvgIpc) is 3.16. The molecule has 3 rings (SSSR count). The predicted molar refractivity (Wildman–Crippen MR) is 120 cm³/mol.